The van der Waals surface area contributed by atoms with Crippen molar-refractivity contribution in [2.45, 2.75) is 13.8 Å². The number of halogens is 2. The van der Waals surface area contributed by atoms with E-state index in [4.69, 9.17) is 17.3 Å². The predicted octanol–water partition coefficient (Wildman–Crippen LogP) is 3.69. The van der Waals surface area contributed by atoms with E-state index in [9.17, 15) is 0 Å². The van der Waals surface area contributed by atoms with Crippen LogP contribution in [0.5, 0.6) is 0 Å². The van der Waals surface area contributed by atoms with Gasteiger partial charge in [0.25, 0.3) is 0 Å². The molecular weight excluding hydrogens is 322 g/mol. The number of anilines is 1. The van der Waals surface area contributed by atoms with Crippen LogP contribution in [0.1, 0.15) is 11.3 Å². The Labute approximate surface area is 107 Å². The fraction of sp³-hybridized carbons (Fsp3) is 0.182. The molecule has 1 aromatic carbocycles. The van der Waals surface area contributed by atoms with Crippen LogP contribution in [0.2, 0.25) is 5.02 Å². The van der Waals surface area contributed by atoms with E-state index in [1.165, 1.54) is 0 Å². The van der Waals surface area contributed by atoms with Crippen LogP contribution in [-0.2, 0) is 0 Å². The predicted molar refractivity (Wildman–Crippen MR) is 73.4 cm³/mol. The molecule has 15 heavy (non-hydrogen) atoms. The van der Waals surface area contributed by atoms with E-state index in [1.807, 2.05) is 26.0 Å². The van der Waals surface area contributed by atoms with Crippen molar-refractivity contribution in [2.75, 3.05) is 5.73 Å². The van der Waals surface area contributed by atoms with Gasteiger partial charge in [-0.3, -0.25) is 4.98 Å². The van der Waals surface area contributed by atoms with E-state index in [-0.39, 0.29) is 0 Å². The number of rotatable bonds is 0. The van der Waals surface area contributed by atoms with Crippen LogP contribution < -0.4 is 5.73 Å². The number of nitrogen functional groups attached to an aromatic ring is 1. The largest absolute Gasteiger partial charge is 0.397 e. The van der Waals surface area contributed by atoms with Gasteiger partial charge in [0.1, 0.15) is 0 Å². The van der Waals surface area contributed by atoms with Gasteiger partial charge in [0.15, 0.2) is 0 Å². The molecule has 0 saturated heterocycles. The first-order valence-corrected chi connectivity index (χ1v) is 5.98. The number of aromatic nitrogens is 1. The fourth-order valence-electron chi connectivity index (χ4n) is 1.59. The Morgan fingerprint density at radius 2 is 2.00 bits per heavy atom. The lowest BCUT2D eigenvalue weighted by Crippen LogP contribution is -1.99. The van der Waals surface area contributed by atoms with Gasteiger partial charge < -0.3 is 5.73 Å². The maximum absolute atomic E-state index is 6.14. The smallest absolute Gasteiger partial charge is 0.0770 e. The van der Waals surface area contributed by atoms with Crippen LogP contribution in [0, 0.1) is 17.4 Å². The molecule has 2 nitrogen and oxygen atoms in total. The van der Waals surface area contributed by atoms with Crippen molar-refractivity contribution >= 4 is 50.8 Å². The zero-order valence-electron chi connectivity index (χ0n) is 8.44. The van der Waals surface area contributed by atoms with Gasteiger partial charge in [0.05, 0.1) is 25.5 Å². The standard InChI is InChI=1S/C11H10ClIN2/c1-5-3-4-7(12)8-10(14)9(13)6(2)15-11(5)8/h3-4H,1-2H3,(H2,14,15). The van der Waals surface area contributed by atoms with Crippen LogP contribution in [0.15, 0.2) is 12.1 Å². The SMILES string of the molecule is Cc1nc2c(C)ccc(Cl)c2c(N)c1I. The van der Waals surface area contributed by atoms with Gasteiger partial charge in [0, 0.05) is 5.39 Å². The molecule has 0 amide bonds. The quantitative estimate of drug-likeness (QED) is 0.747. The van der Waals surface area contributed by atoms with Gasteiger partial charge in [-0.25, -0.2) is 0 Å². The number of hydrogen-bond acceptors (Lipinski definition) is 2. The first-order valence-electron chi connectivity index (χ1n) is 4.52. The summed E-state index contributed by atoms with van der Waals surface area (Å²) in [5.41, 5.74) is 9.73. The molecule has 0 bridgehead atoms. The molecule has 1 aromatic heterocycles. The first-order chi connectivity index (χ1) is 7.02. The Hall–Kier alpha value is -0.550. The molecule has 2 N–H and O–H groups in total. The summed E-state index contributed by atoms with van der Waals surface area (Å²) in [6, 6.07) is 3.83. The van der Waals surface area contributed by atoms with Gasteiger partial charge >= 0.3 is 0 Å². The van der Waals surface area contributed by atoms with E-state index in [0.717, 1.165) is 31.4 Å². The Bertz CT molecular complexity index is 552. The molecule has 0 radical (unpaired) electrons. The van der Waals surface area contributed by atoms with E-state index in [2.05, 4.69) is 27.6 Å². The van der Waals surface area contributed by atoms with Gasteiger partial charge in [-0.2, -0.15) is 0 Å². The third-order valence-electron chi connectivity index (χ3n) is 2.43. The number of nitrogens with two attached hydrogens (primary N) is 1. The highest BCUT2D eigenvalue weighted by Crippen LogP contribution is 2.33. The van der Waals surface area contributed by atoms with Crippen molar-refractivity contribution in [2.24, 2.45) is 0 Å². The zero-order chi connectivity index (χ0) is 11.2. The third-order valence-corrected chi connectivity index (χ3v) is 4.11. The van der Waals surface area contributed by atoms with E-state index in [1.54, 1.807) is 0 Å². The lowest BCUT2D eigenvalue weighted by molar-refractivity contribution is 1.22. The van der Waals surface area contributed by atoms with Crippen LogP contribution in [0.25, 0.3) is 10.9 Å². The average Bonchev–Trinajstić information content (AvgIpc) is 2.20. The molecule has 78 valence electrons. The highest BCUT2D eigenvalue weighted by atomic mass is 127. The van der Waals surface area contributed by atoms with Crippen LogP contribution in [-0.4, -0.2) is 4.98 Å². The minimum Gasteiger partial charge on any atom is -0.397 e. The summed E-state index contributed by atoms with van der Waals surface area (Å²) < 4.78 is 0.979. The van der Waals surface area contributed by atoms with Gasteiger partial charge in [0.2, 0.25) is 0 Å². The molecule has 2 aromatic rings. The summed E-state index contributed by atoms with van der Waals surface area (Å²) in [7, 11) is 0. The number of aryl methyl sites for hydroxylation is 2. The topological polar surface area (TPSA) is 38.9 Å². The Morgan fingerprint density at radius 3 is 2.67 bits per heavy atom. The van der Waals surface area contributed by atoms with Crippen molar-refractivity contribution in [1.29, 1.82) is 0 Å². The van der Waals surface area contributed by atoms with E-state index in [0.29, 0.717) is 5.02 Å². The number of hydrogen-bond donors (Lipinski definition) is 1. The lowest BCUT2D eigenvalue weighted by Gasteiger charge is -2.10. The molecule has 0 unspecified atom stereocenters. The first kappa shape index (κ1) is 11.0. The maximum atomic E-state index is 6.14. The van der Waals surface area contributed by atoms with Crippen LogP contribution in [0.3, 0.4) is 0 Å². The molecule has 0 aliphatic carbocycles. The highest BCUT2D eigenvalue weighted by Gasteiger charge is 2.11. The Kier molecular flexibility index (Phi) is 2.77. The maximum Gasteiger partial charge on any atom is 0.0770 e. The summed E-state index contributed by atoms with van der Waals surface area (Å²) in [5.74, 6) is 0. The second-order valence-electron chi connectivity index (χ2n) is 3.51. The van der Waals surface area contributed by atoms with E-state index < -0.39 is 0 Å². The molecule has 0 aliphatic heterocycles. The molecule has 1 heterocycles. The molecule has 0 saturated carbocycles. The van der Waals surface area contributed by atoms with Crippen molar-refractivity contribution in [3.63, 3.8) is 0 Å². The second kappa shape index (κ2) is 3.79. The minimum absolute atomic E-state index is 0.665. The van der Waals surface area contributed by atoms with Crippen molar-refractivity contribution in [3.8, 4) is 0 Å². The van der Waals surface area contributed by atoms with Crippen LogP contribution in [0.4, 0.5) is 5.69 Å². The third kappa shape index (κ3) is 1.67. The number of benzene rings is 1. The van der Waals surface area contributed by atoms with Crippen molar-refractivity contribution in [3.05, 3.63) is 32.0 Å². The molecule has 4 heteroatoms. The summed E-state index contributed by atoms with van der Waals surface area (Å²) in [6.07, 6.45) is 0. The monoisotopic (exact) mass is 332 g/mol. The van der Waals surface area contributed by atoms with E-state index >= 15 is 0 Å². The summed E-state index contributed by atoms with van der Waals surface area (Å²) in [6.45, 7) is 3.97. The number of pyridine rings is 1. The lowest BCUT2D eigenvalue weighted by atomic mass is 10.1. The molecular formula is C11H10ClIN2. The molecule has 2 rings (SSSR count). The van der Waals surface area contributed by atoms with Gasteiger partial charge in [-0.15, -0.1) is 0 Å². The zero-order valence-corrected chi connectivity index (χ0v) is 11.3. The fourth-order valence-corrected chi connectivity index (χ4v) is 2.24. The summed E-state index contributed by atoms with van der Waals surface area (Å²) >= 11 is 8.33. The summed E-state index contributed by atoms with van der Waals surface area (Å²) in [5, 5.41) is 1.53. The number of fused-ring (bicyclic) bond motifs is 1. The molecule has 0 atom stereocenters. The Balaban J connectivity index is 3.04. The second-order valence-corrected chi connectivity index (χ2v) is 5.00. The van der Waals surface area contributed by atoms with Gasteiger partial charge in [-0.05, 0) is 48.1 Å². The minimum atomic E-state index is 0.665. The number of nitrogens with zero attached hydrogens (tertiary/aromatic N) is 1. The van der Waals surface area contributed by atoms with Crippen LogP contribution >= 0.6 is 34.2 Å². The van der Waals surface area contributed by atoms with Gasteiger partial charge in [-0.1, -0.05) is 17.7 Å². The normalized spacial score (nSPS) is 10.9. The molecule has 0 aliphatic rings. The Morgan fingerprint density at radius 1 is 1.33 bits per heavy atom. The average molecular weight is 333 g/mol. The van der Waals surface area contributed by atoms with Crippen molar-refractivity contribution < 1.29 is 0 Å². The van der Waals surface area contributed by atoms with Crippen molar-refractivity contribution in [1.82, 2.24) is 4.98 Å². The summed E-state index contributed by atoms with van der Waals surface area (Å²) in [4.78, 5) is 4.52. The molecule has 0 fully saturated rings. The highest BCUT2D eigenvalue weighted by molar-refractivity contribution is 14.1. The molecule has 0 spiro atoms.